The van der Waals surface area contributed by atoms with Crippen LogP contribution in [0.2, 0.25) is 10.0 Å². The molecule has 2 rings (SSSR count). The van der Waals surface area contributed by atoms with Gasteiger partial charge in [-0.25, -0.2) is 4.79 Å². The Morgan fingerprint density at radius 1 is 1.33 bits per heavy atom. The van der Waals surface area contributed by atoms with Gasteiger partial charge in [-0.3, -0.25) is 9.36 Å². The predicted molar refractivity (Wildman–Crippen MR) is 80.7 cm³/mol. The Hall–Kier alpha value is -1.85. The van der Waals surface area contributed by atoms with Crippen LogP contribution in [0.1, 0.15) is 17.0 Å². The summed E-state index contributed by atoms with van der Waals surface area (Å²) in [4.78, 5) is 27.0. The Labute approximate surface area is 130 Å². The highest BCUT2D eigenvalue weighted by Crippen LogP contribution is 2.28. The van der Waals surface area contributed by atoms with Gasteiger partial charge in [-0.15, -0.1) is 0 Å². The Bertz CT molecular complexity index is 785. The molecule has 1 aromatic carbocycles. The lowest BCUT2D eigenvalue weighted by Crippen LogP contribution is -2.27. The van der Waals surface area contributed by atoms with Gasteiger partial charge in [0.25, 0.3) is 0 Å². The maximum atomic E-state index is 12.2. The first-order valence-corrected chi connectivity index (χ1v) is 6.83. The number of aliphatic carboxylic acids is 1. The smallest absolute Gasteiger partial charge is 0.352 e. The van der Waals surface area contributed by atoms with Crippen molar-refractivity contribution >= 4 is 29.2 Å². The maximum Gasteiger partial charge on any atom is 0.352 e. The highest BCUT2D eigenvalue weighted by Gasteiger charge is 2.17. The lowest BCUT2D eigenvalue weighted by molar-refractivity contribution is -0.136. The Kier molecular flexibility index (Phi) is 4.34. The van der Waals surface area contributed by atoms with Crippen LogP contribution in [0.25, 0.3) is 5.69 Å². The number of nitrogens with zero attached hydrogens (tertiary/aromatic N) is 2. The molecule has 110 valence electrons. The monoisotopic (exact) mass is 326 g/mol. The lowest BCUT2D eigenvalue weighted by atomic mass is 10.1. The maximum absolute atomic E-state index is 12.2. The Balaban J connectivity index is 2.78. The first-order chi connectivity index (χ1) is 9.82. The summed E-state index contributed by atoms with van der Waals surface area (Å²) in [6.07, 6.45) is -0.219. The van der Waals surface area contributed by atoms with E-state index in [1.807, 2.05) is 0 Å². The number of halogens is 2. The highest BCUT2D eigenvalue weighted by molar-refractivity contribution is 6.43. The van der Waals surface area contributed by atoms with Crippen molar-refractivity contribution in [1.82, 2.24) is 9.55 Å². The molecule has 1 aromatic heterocycles. The van der Waals surface area contributed by atoms with Crippen molar-refractivity contribution in [3.8, 4) is 5.69 Å². The molecule has 0 aliphatic carbocycles. The van der Waals surface area contributed by atoms with Crippen LogP contribution >= 0.6 is 23.2 Å². The van der Waals surface area contributed by atoms with E-state index < -0.39 is 11.7 Å². The molecule has 0 spiro atoms. The quantitative estimate of drug-likeness (QED) is 0.941. The minimum Gasteiger partial charge on any atom is -0.481 e. The third-order valence-corrected chi connectivity index (χ3v) is 3.97. The first-order valence-electron chi connectivity index (χ1n) is 6.08. The van der Waals surface area contributed by atoms with E-state index in [-0.39, 0.29) is 11.4 Å². The average Bonchev–Trinajstić information content (AvgIpc) is 2.39. The number of rotatable bonds is 3. The Morgan fingerprint density at radius 3 is 2.62 bits per heavy atom. The van der Waals surface area contributed by atoms with Gasteiger partial charge in [0.1, 0.15) is 0 Å². The number of carboxylic acid groups (broad SMARTS) is 1. The van der Waals surface area contributed by atoms with Crippen LogP contribution in [-0.2, 0) is 11.2 Å². The van der Waals surface area contributed by atoms with Crippen molar-refractivity contribution in [2.45, 2.75) is 20.3 Å². The van der Waals surface area contributed by atoms with Crippen molar-refractivity contribution in [3.63, 3.8) is 0 Å². The molecule has 1 heterocycles. The number of benzene rings is 1. The molecule has 0 amide bonds. The molecule has 0 fully saturated rings. The molecule has 0 unspecified atom stereocenters. The Morgan fingerprint density at radius 2 is 2.00 bits per heavy atom. The van der Waals surface area contributed by atoms with E-state index in [4.69, 9.17) is 28.3 Å². The molecular weight excluding hydrogens is 315 g/mol. The van der Waals surface area contributed by atoms with Crippen LogP contribution in [0, 0.1) is 13.8 Å². The molecule has 1 N–H and O–H groups in total. The number of aromatic nitrogens is 2. The molecule has 5 nitrogen and oxygen atoms in total. The molecule has 0 aliphatic rings. The van der Waals surface area contributed by atoms with Crippen molar-refractivity contribution in [2.24, 2.45) is 0 Å². The zero-order valence-corrected chi connectivity index (χ0v) is 12.9. The van der Waals surface area contributed by atoms with Gasteiger partial charge >= 0.3 is 11.7 Å². The minimum atomic E-state index is -0.995. The summed E-state index contributed by atoms with van der Waals surface area (Å²) >= 11 is 12.1. The van der Waals surface area contributed by atoms with Crippen molar-refractivity contribution < 1.29 is 9.90 Å². The summed E-state index contributed by atoms with van der Waals surface area (Å²) in [6, 6.07) is 4.89. The molecule has 0 radical (unpaired) electrons. The first kappa shape index (κ1) is 15.5. The van der Waals surface area contributed by atoms with E-state index in [2.05, 4.69) is 4.98 Å². The minimum absolute atomic E-state index is 0.219. The number of carboxylic acids is 1. The molecule has 0 bridgehead atoms. The standard InChI is InChI=1S/C14H12Cl2N2O3/c1-7-9(6-12(19)20)8(2)18(14(21)17-7)11-5-3-4-10(15)13(11)16/h3-5H,6H2,1-2H3,(H,19,20). The third kappa shape index (κ3) is 2.94. The second-order valence-electron chi connectivity index (χ2n) is 4.52. The van der Waals surface area contributed by atoms with Gasteiger partial charge in [-0.1, -0.05) is 29.3 Å². The molecule has 0 saturated carbocycles. The number of hydrogen-bond acceptors (Lipinski definition) is 3. The second-order valence-corrected chi connectivity index (χ2v) is 5.31. The van der Waals surface area contributed by atoms with Crippen molar-refractivity contribution in [1.29, 1.82) is 0 Å². The van der Waals surface area contributed by atoms with Gasteiger partial charge < -0.3 is 5.11 Å². The number of hydrogen-bond donors (Lipinski definition) is 1. The fraction of sp³-hybridized carbons (Fsp3) is 0.214. The van der Waals surface area contributed by atoms with Crippen molar-refractivity contribution in [3.05, 3.63) is 55.7 Å². The van der Waals surface area contributed by atoms with E-state index in [0.29, 0.717) is 27.7 Å². The normalized spacial score (nSPS) is 10.7. The van der Waals surface area contributed by atoms with Gasteiger partial charge in [0.15, 0.2) is 0 Å². The van der Waals surface area contributed by atoms with E-state index in [1.54, 1.807) is 32.0 Å². The second kappa shape index (κ2) is 5.87. The summed E-state index contributed by atoms with van der Waals surface area (Å²) in [5.74, 6) is -0.995. The summed E-state index contributed by atoms with van der Waals surface area (Å²) in [5.41, 5.74) is 1.22. The van der Waals surface area contributed by atoms with Gasteiger partial charge in [-0.2, -0.15) is 4.98 Å². The van der Waals surface area contributed by atoms with Gasteiger partial charge in [0.2, 0.25) is 0 Å². The molecule has 7 heteroatoms. The van der Waals surface area contributed by atoms with Crippen LogP contribution < -0.4 is 5.69 Å². The third-order valence-electron chi connectivity index (χ3n) is 3.16. The molecular formula is C14H12Cl2N2O3. The van der Waals surface area contributed by atoms with E-state index in [1.165, 1.54) is 4.57 Å². The summed E-state index contributed by atoms with van der Waals surface area (Å²) in [7, 11) is 0. The van der Waals surface area contributed by atoms with Crippen LogP contribution in [0.15, 0.2) is 23.0 Å². The molecule has 0 atom stereocenters. The van der Waals surface area contributed by atoms with Crippen molar-refractivity contribution in [2.75, 3.05) is 0 Å². The fourth-order valence-electron chi connectivity index (χ4n) is 2.16. The summed E-state index contributed by atoms with van der Waals surface area (Å²) < 4.78 is 1.28. The molecule has 0 saturated heterocycles. The summed E-state index contributed by atoms with van der Waals surface area (Å²) in [5, 5.41) is 9.51. The largest absolute Gasteiger partial charge is 0.481 e. The number of aryl methyl sites for hydroxylation is 1. The van der Waals surface area contributed by atoms with E-state index in [0.717, 1.165) is 0 Å². The van der Waals surface area contributed by atoms with E-state index >= 15 is 0 Å². The molecule has 0 aliphatic heterocycles. The molecule has 21 heavy (non-hydrogen) atoms. The zero-order valence-electron chi connectivity index (χ0n) is 11.4. The van der Waals surface area contributed by atoms with Crippen LogP contribution in [0.4, 0.5) is 0 Å². The average molecular weight is 327 g/mol. The van der Waals surface area contributed by atoms with E-state index in [9.17, 15) is 9.59 Å². The zero-order chi connectivity index (χ0) is 15.7. The highest BCUT2D eigenvalue weighted by atomic mass is 35.5. The lowest BCUT2D eigenvalue weighted by Gasteiger charge is -2.16. The van der Waals surface area contributed by atoms with Crippen LogP contribution in [0.5, 0.6) is 0 Å². The SMILES string of the molecule is Cc1nc(=O)n(-c2cccc(Cl)c2Cl)c(C)c1CC(=O)O. The van der Waals surface area contributed by atoms with Gasteiger partial charge in [0, 0.05) is 17.0 Å². The van der Waals surface area contributed by atoms with Crippen LogP contribution in [0.3, 0.4) is 0 Å². The topological polar surface area (TPSA) is 72.2 Å². The number of carbonyl (C=O) groups is 1. The van der Waals surface area contributed by atoms with Gasteiger partial charge in [0.05, 0.1) is 22.2 Å². The predicted octanol–water partition coefficient (Wildman–Crippen LogP) is 2.78. The van der Waals surface area contributed by atoms with Gasteiger partial charge in [-0.05, 0) is 26.0 Å². The molecule has 2 aromatic rings. The summed E-state index contributed by atoms with van der Waals surface area (Å²) in [6.45, 7) is 3.27. The fourth-order valence-corrected chi connectivity index (χ4v) is 2.54. The van der Waals surface area contributed by atoms with Crippen LogP contribution in [-0.4, -0.2) is 20.6 Å².